The van der Waals surface area contributed by atoms with E-state index in [9.17, 15) is 9.59 Å². The number of benzene rings is 2. The Labute approximate surface area is 181 Å². The summed E-state index contributed by atoms with van der Waals surface area (Å²) in [6.45, 7) is 0. The first-order valence-corrected chi connectivity index (χ1v) is 10.9. The third-order valence-electron chi connectivity index (χ3n) is 5.53. The molecule has 0 bridgehead atoms. The molecule has 148 valence electrons. The molecule has 0 N–H and O–H groups in total. The molecule has 0 aromatic heterocycles. The van der Waals surface area contributed by atoms with Crippen LogP contribution in [0.25, 0.3) is 0 Å². The molecular weight excluding hydrogens is 415 g/mol. The maximum absolute atomic E-state index is 13.0. The van der Waals surface area contributed by atoms with E-state index in [1.165, 1.54) is 0 Å². The number of Topliss-reactive ketones (excluding diaryl/α,β-unsaturated/α-hetero) is 2. The van der Waals surface area contributed by atoms with Crippen molar-refractivity contribution in [2.24, 2.45) is 5.92 Å². The standard InChI is InChI=1S/C23H23Cl3O2/c24-17-10-7-15(8-11-17)23(28)14-19(16-9-12-20(25)21(26)13-16)18-5-3-1-2-4-6-22(18)27/h7-13,18-19H,1-6,14H2/t18-,19-/m1/s1. The van der Waals surface area contributed by atoms with E-state index in [4.69, 9.17) is 34.8 Å². The molecule has 1 aliphatic carbocycles. The van der Waals surface area contributed by atoms with Crippen LogP contribution in [-0.4, -0.2) is 11.6 Å². The third kappa shape index (κ3) is 5.37. The summed E-state index contributed by atoms with van der Waals surface area (Å²) in [6.07, 6.45) is 5.80. The van der Waals surface area contributed by atoms with Crippen LogP contribution in [0.4, 0.5) is 0 Å². The largest absolute Gasteiger partial charge is 0.299 e. The maximum atomic E-state index is 13.0. The van der Waals surface area contributed by atoms with Crippen LogP contribution in [0.2, 0.25) is 15.1 Å². The Morgan fingerprint density at radius 3 is 2.36 bits per heavy atom. The molecule has 0 heterocycles. The van der Waals surface area contributed by atoms with Crippen LogP contribution in [0.1, 0.15) is 66.8 Å². The van der Waals surface area contributed by atoms with Crippen molar-refractivity contribution in [2.75, 3.05) is 0 Å². The second-order valence-electron chi connectivity index (χ2n) is 7.44. The van der Waals surface area contributed by atoms with Crippen LogP contribution >= 0.6 is 34.8 Å². The lowest BCUT2D eigenvalue weighted by Crippen LogP contribution is -2.26. The van der Waals surface area contributed by atoms with Crippen molar-refractivity contribution in [3.8, 4) is 0 Å². The van der Waals surface area contributed by atoms with Gasteiger partial charge in [0.25, 0.3) is 0 Å². The molecule has 28 heavy (non-hydrogen) atoms. The fourth-order valence-electron chi connectivity index (χ4n) is 3.98. The van der Waals surface area contributed by atoms with Gasteiger partial charge in [0.15, 0.2) is 5.78 Å². The summed E-state index contributed by atoms with van der Waals surface area (Å²) >= 11 is 18.3. The molecule has 5 heteroatoms. The fraction of sp³-hybridized carbons (Fsp3) is 0.391. The highest BCUT2D eigenvalue weighted by Crippen LogP contribution is 2.38. The summed E-state index contributed by atoms with van der Waals surface area (Å²) in [7, 11) is 0. The van der Waals surface area contributed by atoms with E-state index in [1.807, 2.05) is 6.07 Å². The first-order chi connectivity index (χ1) is 13.5. The Balaban J connectivity index is 1.92. The predicted octanol–water partition coefficient (Wildman–Crippen LogP) is 7.54. The minimum Gasteiger partial charge on any atom is -0.299 e. The van der Waals surface area contributed by atoms with Crippen molar-refractivity contribution in [2.45, 2.75) is 50.9 Å². The number of ketones is 2. The Morgan fingerprint density at radius 2 is 1.64 bits per heavy atom. The molecular formula is C23H23Cl3O2. The molecule has 1 aliphatic rings. The molecule has 2 aromatic rings. The van der Waals surface area contributed by atoms with Gasteiger partial charge in [0.2, 0.25) is 0 Å². The van der Waals surface area contributed by atoms with Gasteiger partial charge < -0.3 is 0 Å². The van der Waals surface area contributed by atoms with Gasteiger partial charge in [-0.3, -0.25) is 9.59 Å². The van der Waals surface area contributed by atoms with E-state index < -0.39 is 0 Å². The Bertz CT molecular complexity index is 845. The van der Waals surface area contributed by atoms with Crippen LogP contribution in [0.5, 0.6) is 0 Å². The molecule has 2 nitrogen and oxygen atoms in total. The van der Waals surface area contributed by atoms with Crippen LogP contribution in [0.3, 0.4) is 0 Å². The molecule has 2 aromatic carbocycles. The summed E-state index contributed by atoms with van der Waals surface area (Å²) in [5, 5.41) is 1.51. The molecule has 0 unspecified atom stereocenters. The zero-order chi connectivity index (χ0) is 20.1. The van der Waals surface area contributed by atoms with E-state index in [0.29, 0.717) is 27.1 Å². The van der Waals surface area contributed by atoms with Crippen LogP contribution in [0, 0.1) is 5.92 Å². The van der Waals surface area contributed by atoms with Gasteiger partial charge in [-0.05, 0) is 54.8 Å². The zero-order valence-corrected chi connectivity index (χ0v) is 17.9. The van der Waals surface area contributed by atoms with Crippen LogP contribution in [0.15, 0.2) is 42.5 Å². The Kier molecular flexibility index (Phi) is 7.56. The average molecular weight is 438 g/mol. The highest BCUT2D eigenvalue weighted by molar-refractivity contribution is 6.42. The SMILES string of the molecule is O=C(C[C@H](c1ccc(Cl)c(Cl)c1)[C@H]1CCCCCCC1=O)c1ccc(Cl)cc1. The lowest BCUT2D eigenvalue weighted by atomic mass is 9.75. The zero-order valence-electron chi connectivity index (χ0n) is 15.6. The molecule has 0 radical (unpaired) electrons. The smallest absolute Gasteiger partial charge is 0.163 e. The second-order valence-corrected chi connectivity index (χ2v) is 8.69. The van der Waals surface area contributed by atoms with Gasteiger partial charge in [-0.2, -0.15) is 0 Å². The minimum absolute atomic E-state index is 0.00241. The van der Waals surface area contributed by atoms with Gasteiger partial charge >= 0.3 is 0 Å². The van der Waals surface area contributed by atoms with Crippen molar-refractivity contribution in [1.82, 2.24) is 0 Å². The normalized spacial score (nSPS) is 19.0. The highest BCUT2D eigenvalue weighted by Gasteiger charge is 2.32. The number of halogens is 3. The predicted molar refractivity (Wildman–Crippen MR) is 116 cm³/mol. The molecule has 3 rings (SSSR count). The van der Waals surface area contributed by atoms with Crippen molar-refractivity contribution >= 4 is 46.4 Å². The number of carbonyl (C=O) groups is 2. The van der Waals surface area contributed by atoms with Crippen molar-refractivity contribution in [1.29, 1.82) is 0 Å². The fourth-order valence-corrected chi connectivity index (χ4v) is 4.41. The van der Waals surface area contributed by atoms with Crippen LogP contribution < -0.4 is 0 Å². The van der Waals surface area contributed by atoms with Gasteiger partial charge in [-0.15, -0.1) is 0 Å². The topological polar surface area (TPSA) is 34.1 Å². The van der Waals surface area contributed by atoms with Gasteiger partial charge in [-0.1, -0.05) is 60.1 Å². The Morgan fingerprint density at radius 1 is 0.929 bits per heavy atom. The minimum atomic E-state index is -0.205. The molecule has 1 fully saturated rings. The summed E-state index contributed by atoms with van der Waals surface area (Å²) in [5.74, 6) is -0.125. The van der Waals surface area contributed by atoms with E-state index >= 15 is 0 Å². The number of hydrogen-bond acceptors (Lipinski definition) is 2. The monoisotopic (exact) mass is 436 g/mol. The van der Waals surface area contributed by atoms with Gasteiger partial charge in [0.1, 0.15) is 5.78 Å². The number of carbonyl (C=O) groups excluding carboxylic acids is 2. The van der Waals surface area contributed by atoms with Gasteiger partial charge in [-0.25, -0.2) is 0 Å². The van der Waals surface area contributed by atoms with E-state index in [0.717, 1.165) is 37.7 Å². The molecule has 0 spiro atoms. The Hall–Kier alpha value is -1.35. The average Bonchev–Trinajstić information content (AvgIpc) is 2.66. The summed E-state index contributed by atoms with van der Waals surface area (Å²) in [5.41, 5.74) is 1.50. The maximum Gasteiger partial charge on any atom is 0.163 e. The van der Waals surface area contributed by atoms with Gasteiger partial charge in [0, 0.05) is 35.3 Å². The van der Waals surface area contributed by atoms with Crippen molar-refractivity contribution in [3.63, 3.8) is 0 Å². The summed E-state index contributed by atoms with van der Waals surface area (Å²) in [6, 6.07) is 12.3. The third-order valence-corrected chi connectivity index (χ3v) is 6.52. The first kappa shape index (κ1) is 21.4. The van der Waals surface area contributed by atoms with Crippen molar-refractivity contribution in [3.05, 3.63) is 68.7 Å². The number of hydrogen-bond donors (Lipinski definition) is 0. The molecule has 2 atom stereocenters. The van der Waals surface area contributed by atoms with E-state index in [-0.39, 0.29) is 29.8 Å². The second kappa shape index (κ2) is 9.91. The van der Waals surface area contributed by atoms with Crippen molar-refractivity contribution < 1.29 is 9.59 Å². The molecule has 1 saturated carbocycles. The highest BCUT2D eigenvalue weighted by atomic mass is 35.5. The van der Waals surface area contributed by atoms with E-state index in [1.54, 1.807) is 36.4 Å². The molecule has 0 aliphatic heterocycles. The lowest BCUT2D eigenvalue weighted by Gasteiger charge is -2.28. The number of rotatable bonds is 5. The quantitative estimate of drug-likeness (QED) is 0.453. The molecule has 0 saturated heterocycles. The summed E-state index contributed by atoms with van der Waals surface area (Å²) in [4.78, 5) is 25.9. The summed E-state index contributed by atoms with van der Waals surface area (Å²) < 4.78 is 0. The van der Waals surface area contributed by atoms with E-state index in [2.05, 4.69) is 0 Å². The van der Waals surface area contributed by atoms with Gasteiger partial charge in [0.05, 0.1) is 10.0 Å². The first-order valence-electron chi connectivity index (χ1n) is 9.72. The lowest BCUT2D eigenvalue weighted by molar-refractivity contribution is -0.124. The van der Waals surface area contributed by atoms with Crippen LogP contribution in [-0.2, 0) is 4.79 Å². The molecule has 0 amide bonds.